The van der Waals surface area contributed by atoms with Crippen LogP contribution in [0.5, 0.6) is 5.75 Å². The number of amides is 1. The molecule has 3 aromatic rings. The molecule has 1 unspecified atom stereocenters. The molecular formula is C27H28N2O4. The van der Waals surface area contributed by atoms with Crippen molar-refractivity contribution in [3.8, 4) is 5.75 Å². The largest absolute Gasteiger partial charge is 0.497 e. The fourth-order valence-electron chi connectivity index (χ4n) is 4.14. The molecule has 1 aliphatic rings. The summed E-state index contributed by atoms with van der Waals surface area (Å²) in [6.07, 6.45) is 0.658. The maximum absolute atomic E-state index is 13.7. The second-order valence-electron chi connectivity index (χ2n) is 8.14. The van der Waals surface area contributed by atoms with Crippen LogP contribution in [0.25, 0.3) is 0 Å². The summed E-state index contributed by atoms with van der Waals surface area (Å²) in [6.45, 7) is 1.55. The highest BCUT2D eigenvalue weighted by Gasteiger charge is 2.28. The van der Waals surface area contributed by atoms with E-state index in [-0.39, 0.29) is 17.9 Å². The van der Waals surface area contributed by atoms with Crippen LogP contribution in [0.2, 0.25) is 0 Å². The number of carbonyl (C=O) groups is 2. The third kappa shape index (κ3) is 5.41. The average Bonchev–Trinajstić information content (AvgIpc) is 2.87. The minimum atomic E-state index is -0.379. The van der Waals surface area contributed by atoms with Crippen molar-refractivity contribution in [1.82, 2.24) is 10.2 Å². The number of methoxy groups -OCH3 is 2. The Morgan fingerprint density at radius 2 is 1.64 bits per heavy atom. The molecule has 3 aromatic carbocycles. The van der Waals surface area contributed by atoms with Crippen LogP contribution in [0.1, 0.15) is 32.6 Å². The predicted molar refractivity (Wildman–Crippen MR) is 126 cm³/mol. The number of nitrogens with zero attached hydrogens (tertiary/aromatic N) is 1. The first-order chi connectivity index (χ1) is 16.1. The Kier molecular flexibility index (Phi) is 7.05. The van der Waals surface area contributed by atoms with Gasteiger partial charge in [0.25, 0.3) is 0 Å². The number of fused-ring (bicyclic) bond motifs is 1. The minimum absolute atomic E-state index is 0.0457. The highest BCUT2D eigenvalue weighted by Crippen LogP contribution is 2.21. The first kappa shape index (κ1) is 22.6. The van der Waals surface area contributed by atoms with E-state index in [0.29, 0.717) is 31.6 Å². The smallest absolute Gasteiger partial charge is 0.337 e. The molecule has 0 fully saturated rings. The zero-order valence-electron chi connectivity index (χ0n) is 18.9. The van der Waals surface area contributed by atoms with Gasteiger partial charge >= 0.3 is 5.97 Å². The van der Waals surface area contributed by atoms with Gasteiger partial charge in [-0.2, -0.15) is 0 Å². The van der Waals surface area contributed by atoms with Crippen LogP contribution in [-0.4, -0.2) is 37.0 Å². The molecule has 0 spiro atoms. The molecule has 0 bridgehead atoms. The van der Waals surface area contributed by atoms with Crippen LogP contribution < -0.4 is 10.1 Å². The lowest BCUT2D eigenvalue weighted by molar-refractivity contribution is -0.135. The van der Waals surface area contributed by atoms with Gasteiger partial charge in [-0.25, -0.2) is 4.79 Å². The van der Waals surface area contributed by atoms with E-state index in [9.17, 15) is 9.59 Å². The molecule has 33 heavy (non-hydrogen) atoms. The Balaban J connectivity index is 1.56. The fraction of sp³-hybridized carbons (Fsp3) is 0.259. The first-order valence-electron chi connectivity index (χ1n) is 11.0. The molecule has 4 rings (SSSR count). The van der Waals surface area contributed by atoms with Crippen LogP contribution in [0.3, 0.4) is 0 Å². The van der Waals surface area contributed by atoms with Crippen LogP contribution in [0, 0.1) is 0 Å². The maximum Gasteiger partial charge on any atom is 0.337 e. The number of hydrogen-bond acceptors (Lipinski definition) is 5. The van der Waals surface area contributed by atoms with Crippen molar-refractivity contribution >= 4 is 11.9 Å². The number of benzene rings is 3. The lowest BCUT2D eigenvalue weighted by Gasteiger charge is -2.31. The minimum Gasteiger partial charge on any atom is -0.497 e. The fourth-order valence-corrected chi connectivity index (χ4v) is 4.14. The molecule has 1 amide bonds. The van der Waals surface area contributed by atoms with Crippen molar-refractivity contribution in [1.29, 1.82) is 0 Å². The quantitative estimate of drug-likeness (QED) is 0.563. The monoisotopic (exact) mass is 444 g/mol. The number of esters is 1. The van der Waals surface area contributed by atoms with E-state index >= 15 is 0 Å². The normalized spacial score (nSPS) is 14.8. The van der Waals surface area contributed by atoms with Gasteiger partial charge in [-0.15, -0.1) is 0 Å². The third-order valence-corrected chi connectivity index (χ3v) is 5.95. The summed E-state index contributed by atoms with van der Waals surface area (Å²) in [5.74, 6) is 0.423. The summed E-state index contributed by atoms with van der Waals surface area (Å²) in [4.78, 5) is 27.3. The summed E-state index contributed by atoms with van der Waals surface area (Å²) in [5.41, 5.74) is 4.86. The third-order valence-electron chi connectivity index (χ3n) is 5.95. The molecule has 0 aliphatic carbocycles. The van der Waals surface area contributed by atoms with E-state index in [1.165, 1.54) is 18.2 Å². The van der Waals surface area contributed by atoms with Crippen molar-refractivity contribution in [3.63, 3.8) is 0 Å². The Bertz CT molecular complexity index is 1130. The van der Waals surface area contributed by atoms with Gasteiger partial charge in [0.1, 0.15) is 5.75 Å². The zero-order chi connectivity index (χ0) is 23.2. The Morgan fingerprint density at radius 3 is 2.36 bits per heavy atom. The lowest BCUT2D eigenvalue weighted by atomic mass is 9.95. The maximum atomic E-state index is 13.7. The van der Waals surface area contributed by atoms with E-state index in [1.54, 1.807) is 19.2 Å². The van der Waals surface area contributed by atoms with Gasteiger partial charge in [0, 0.05) is 19.6 Å². The summed E-state index contributed by atoms with van der Waals surface area (Å²) in [6, 6.07) is 22.9. The topological polar surface area (TPSA) is 67.9 Å². The van der Waals surface area contributed by atoms with E-state index in [1.807, 2.05) is 53.4 Å². The van der Waals surface area contributed by atoms with Crippen LogP contribution in [0.4, 0.5) is 0 Å². The molecule has 6 nitrogen and oxygen atoms in total. The number of carbonyl (C=O) groups excluding carboxylic acids is 2. The molecule has 1 atom stereocenters. The van der Waals surface area contributed by atoms with E-state index < -0.39 is 0 Å². The molecule has 0 aromatic heterocycles. The van der Waals surface area contributed by atoms with Gasteiger partial charge in [0.2, 0.25) is 5.91 Å². The van der Waals surface area contributed by atoms with E-state index in [4.69, 9.17) is 9.47 Å². The van der Waals surface area contributed by atoms with Crippen molar-refractivity contribution < 1.29 is 19.1 Å². The molecule has 1 aliphatic heterocycles. The first-order valence-corrected chi connectivity index (χ1v) is 11.0. The second-order valence-corrected chi connectivity index (χ2v) is 8.14. The van der Waals surface area contributed by atoms with E-state index in [2.05, 4.69) is 17.4 Å². The molecule has 1 N–H and O–H groups in total. The van der Waals surface area contributed by atoms with Crippen molar-refractivity contribution in [2.75, 3.05) is 14.2 Å². The SMILES string of the molecule is COC(=O)c1ccc(CN(Cc2cccc(OC)c2)C(=O)C2Cc3ccccc3CN2)cc1. The zero-order valence-corrected chi connectivity index (χ0v) is 18.9. The lowest BCUT2D eigenvalue weighted by Crippen LogP contribution is -2.49. The van der Waals surface area contributed by atoms with Crippen LogP contribution >= 0.6 is 0 Å². The summed E-state index contributed by atoms with van der Waals surface area (Å²) in [7, 11) is 2.99. The van der Waals surface area contributed by atoms with Gasteiger partial charge < -0.3 is 19.7 Å². The van der Waals surface area contributed by atoms with Gasteiger partial charge in [0.15, 0.2) is 0 Å². The second kappa shape index (κ2) is 10.3. The molecule has 0 saturated heterocycles. The number of rotatable bonds is 7. The highest BCUT2D eigenvalue weighted by atomic mass is 16.5. The molecule has 1 heterocycles. The Labute approximate surface area is 194 Å². The average molecular weight is 445 g/mol. The van der Waals surface area contributed by atoms with Crippen LogP contribution in [-0.2, 0) is 35.6 Å². The van der Waals surface area contributed by atoms with Crippen molar-refractivity contribution in [2.24, 2.45) is 0 Å². The number of ether oxygens (including phenoxy) is 2. The van der Waals surface area contributed by atoms with Gasteiger partial charge in [0.05, 0.1) is 25.8 Å². The molecule has 0 radical (unpaired) electrons. The van der Waals surface area contributed by atoms with Gasteiger partial charge in [-0.05, 0) is 52.9 Å². The Morgan fingerprint density at radius 1 is 0.909 bits per heavy atom. The molecule has 6 heteroatoms. The Hall–Kier alpha value is -3.64. The van der Waals surface area contributed by atoms with Gasteiger partial charge in [-0.1, -0.05) is 48.5 Å². The molecular weight excluding hydrogens is 416 g/mol. The standard InChI is InChI=1S/C27H28N2O4/c1-32-24-9-5-6-20(14-24)18-29(17-19-10-12-21(13-11-19)27(31)33-2)26(30)25-15-22-7-3-4-8-23(22)16-28-25/h3-14,25,28H,15-18H2,1-2H3. The van der Waals surface area contributed by atoms with Crippen molar-refractivity contribution in [2.45, 2.75) is 32.1 Å². The predicted octanol–water partition coefficient (Wildman–Crippen LogP) is 3.73. The summed E-state index contributed by atoms with van der Waals surface area (Å²) < 4.78 is 10.1. The molecule has 0 saturated carbocycles. The van der Waals surface area contributed by atoms with Gasteiger partial charge in [-0.3, -0.25) is 4.79 Å². The van der Waals surface area contributed by atoms with E-state index in [0.717, 1.165) is 16.9 Å². The summed E-state index contributed by atoms with van der Waals surface area (Å²) in [5, 5.41) is 3.40. The molecule has 170 valence electrons. The van der Waals surface area contributed by atoms with Crippen molar-refractivity contribution in [3.05, 3.63) is 101 Å². The summed E-state index contributed by atoms with van der Waals surface area (Å²) >= 11 is 0. The highest BCUT2D eigenvalue weighted by molar-refractivity contribution is 5.89. The number of hydrogen-bond donors (Lipinski definition) is 1. The van der Waals surface area contributed by atoms with Crippen LogP contribution in [0.15, 0.2) is 72.8 Å². The number of nitrogens with one attached hydrogen (secondary N) is 1.